The molecule has 2 aromatic rings. The van der Waals surface area contributed by atoms with Crippen LogP contribution in [0.4, 0.5) is 0 Å². The molecule has 1 N–H and O–H groups in total. The first-order chi connectivity index (χ1) is 10.1. The molecule has 0 unspecified atom stereocenters. The number of fused-ring (bicyclic) bond motifs is 1. The van der Waals surface area contributed by atoms with Gasteiger partial charge in [0.1, 0.15) is 5.52 Å². The molecule has 0 aliphatic carbocycles. The van der Waals surface area contributed by atoms with E-state index in [1.807, 2.05) is 18.2 Å². The lowest BCUT2D eigenvalue weighted by Crippen LogP contribution is -2.35. The second-order valence-corrected chi connectivity index (χ2v) is 4.33. The van der Waals surface area contributed by atoms with Crippen LogP contribution in [0.5, 0.6) is 0 Å². The van der Waals surface area contributed by atoms with Gasteiger partial charge in [-0.05, 0) is 26.0 Å². The number of nitrogens with zero attached hydrogens (tertiary/aromatic N) is 1. The highest BCUT2D eigenvalue weighted by atomic mass is 16.5. The van der Waals surface area contributed by atoms with Crippen LogP contribution < -0.4 is 5.32 Å². The number of benzene rings is 1. The van der Waals surface area contributed by atoms with Gasteiger partial charge >= 0.3 is 5.97 Å². The van der Waals surface area contributed by atoms with Gasteiger partial charge in [-0.3, -0.25) is 4.79 Å². The summed E-state index contributed by atoms with van der Waals surface area (Å²) in [6.07, 6.45) is 1.75. The minimum absolute atomic E-state index is 0.304. The average molecular weight is 288 g/mol. The molecular weight excluding hydrogens is 272 g/mol. The molecule has 0 spiro atoms. The molecule has 21 heavy (non-hydrogen) atoms. The van der Waals surface area contributed by atoms with E-state index in [4.69, 9.17) is 9.15 Å². The first-order valence-electron chi connectivity index (χ1n) is 6.62. The molecule has 1 atom stereocenters. The maximum Gasteiger partial charge on any atom is 0.331 e. The molecule has 1 amide bonds. The predicted octanol–water partition coefficient (Wildman–Crippen LogP) is 1.91. The average Bonchev–Trinajstić information content (AvgIpc) is 2.88. The highest BCUT2D eigenvalue weighted by Gasteiger charge is 2.15. The lowest BCUT2D eigenvalue weighted by molar-refractivity contribution is -0.150. The van der Waals surface area contributed by atoms with E-state index < -0.39 is 12.1 Å². The Morgan fingerprint density at radius 3 is 2.90 bits per heavy atom. The monoisotopic (exact) mass is 288 g/mol. The highest BCUT2D eigenvalue weighted by molar-refractivity contribution is 5.90. The molecule has 0 bridgehead atoms. The maximum absolute atomic E-state index is 11.6. The zero-order valence-corrected chi connectivity index (χ0v) is 11.8. The Morgan fingerprint density at radius 2 is 2.19 bits per heavy atom. The van der Waals surface area contributed by atoms with Crippen molar-refractivity contribution in [3.8, 4) is 0 Å². The standard InChI is InChI=1S/C15H16N2O4/c1-3-16-15(19)10(2)20-14(18)9-8-13-17-11-6-4-5-7-12(11)21-13/h4-10H,3H2,1-2H3,(H,16,19)/b9-8+/t10-/m0/s1. The number of ether oxygens (including phenoxy) is 1. The van der Waals surface area contributed by atoms with Gasteiger partial charge in [0.15, 0.2) is 11.7 Å². The molecule has 0 saturated carbocycles. The Hall–Kier alpha value is -2.63. The van der Waals surface area contributed by atoms with Crippen LogP contribution in [0.1, 0.15) is 19.7 Å². The van der Waals surface area contributed by atoms with Crippen LogP contribution in [0.2, 0.25) is 0 Å². The van der Waals surface area contributed by atoms with Crippen LogP contribution in [0.25, 0.3) is 17.2 Å². The number of hydrogen-bond acceptors (Lipinski definition) is 5. The molecule has 6 heteroatoms. The second kappa shape index (κ2) is 6.69. The Balaban J connectivity index is 1.97. The summed E-state index contributed by atoms with van der Waals surface area (Å²) in [4.78, 5) is 27.2. The van der Waals surface area contributed by atoms with Gasteiger partial charge < -0.3 is 14.5 Å². The van der Waals surface area contributed by atoms with Crippen molar-refractivity contribution in [3.05, 3.63) is 36.2 Å². The summed E-state index contributed by atoms with van der Waals surface area (Å²) in [5.74, 6) is -0.657. The van der Waals surface area contributed by atoms with E-state index >= 15 is 0 Å². The number of nitrogens with one attached hydrogen (secondary N) is 1. The van der Waals surface area contributed by atoms with Crippen LogP contribution in [-0.2, 0) is 14.3 Å². The van der Waals surface area contributed by atoms with E-state index in [2.05, 4.69) is 10.3 Å². The number of amides is 1. The maximum atomic E-state index is 11.6. The second-order valence-electron chi connectivity index (χ2n) is 4.33. The van der Waals surface area contributed by atoms with E-state index in [9.17, 15) is 9.59 Å². The lowest BCUT2D eigenvalue weighted by Gasteiger charge is -2.10. The molecule has 0 aliphatic heterocycles. The smallest absolute Gasteiger partial charge is 0.331 e. The molecule has 0 aliphatic rings. The lowest BCUT2D eigenvalue weighted by atomic mass is 10.3. The van der Waals surface area contributed by atoms with Crippen molar-refractivity contribution < 1.29 is 18.7 Å². The summed E-state index contributed by atoms with van der Waals surface area (Å²) >= 11 is 0. The number of hydrogen-bond donors (Lipinski definition) is 1. The normalized spacial score (nSPS) is 12.5. The van der Waals surface area contributed by atoms with Gasteiger partial charge in [0.25, 0.3) is 5.91 Å². The molecule has 0 radical (unpaired) electrons. The summed E-state index contributed by atoms with van der Waals surface area (Å²) in [5, 5.41) is 2.57. The number of aromatic nitrogens is 1. The molecule has 6 nitrogen and oxygen atoms in total. The van der Waals surface area contributed by atoms with Crippen LogP contribution in [0, 0.1) is 0 Å². The fraction of sp³-hybridized carbons (Fsp3) is 0.267. The van der Waals surface area contributed by atoms with Crippen molar-refractivity contribution in [2.24, 2.45) is 0 Å². The Labute approximate surface area is 121 Å². The number of rotatable bonds is 5. The summed E-state index contributed by atoms with van der Waals surface area (Å²) in [6, 6.07) is 7.28. The highest BCUT2D eigenvalue weighted by Crippen LogP contribution is 2.15. The van der Waals surface area contributed by atoms with Gasteiger partial charge in [0.2, 0.25) is 5.89 Å². The summed E-state index contributed by atoms with van der Waals surface area (Å²) in [7, 11) is 0. The number of carbonyl (C=O) groups is 2. The number of esters is 1. The van der Waals surface area contributed by atoms with Gasteiger partial charge in [-0.2, -0.15) is 0 Å². The molecule has 1 heterocycles. The topological polar surface area (TPSA) is 81.4 Å². The number of carbonyl (C=O) groups excluding carboxylic acids is 2. The van der Waals surface area contributed by atoms with Gasteiger partial charge in [0.05, 0.1) is 0 Å². The fourth-order valence-electron chi connectivity index (χ4n) is 1.69. The Bertz CT molecular complexity index is 642. The van der Waals surface area contributed by atoms with Crippen LogP contribution in [0.3, 0.4) is 0 Å². The molecule has 0 saturated heterocycles. The third-order valence-corrected chi connectivity index (χ3v) is 2.69. The van der Waals surface area contributed by atoms with Crippen LogP contribution in [-0.4, -0.2) is 29.5 Å². The minimum atomic E-state index is -0.842. The zero-order valence-electron chi connectivity index (χ0n) is 11.8. The summed E-state index contributed by atoms with van der Waals surface area (Å²) in [6.45, 7) is 3.79. The summed E-state index contributed by atoms with van der Waals surface area (Å²) < 4.78 is 10.4. The number of para-hydroxylation sites is 2. The first-order valence-corrected chi connectivity index (χ1v) is 6.62. The van der Waals surface area contributed by atoms with Crippen LogP contribution >= 0.6 is 0 Å². The van der Waals surface area contributed by atoms with E-state index in [0.717, 1.165) is 0 Å². The molecule has 1 aromatic carbocycles. The van der Waals surface area contributed by atoms with E-state index in [-0.39, 0.29) is 5.91 Å². The van der Waals surface area contributed by atoms with Crippen molar-refractivity contribution in [1.82, 2.24) is 10.3 Å². The van der Waals surface area contributed by atoms with Gasteiger partial charge in [-0.25, -0.2) is 9.78 Å². The van der Waals surface area contributed by atoms with Gasteiger partial charge in [0, 0.05) is 18.7 Å². The largest absolute Gasteiger partial charge is 0.449 e. The number of oxazole rings is 1. The first kappa shape index (κ1) is 14.8. The number of likely N-dealkylation sites (N-methyl/N-ethyl adjacent to an activating group) is 1. The Kier molecular flexibility index (Phi) is 4.71. The summed E-state index contributed by atoms with van der Waals surface area (Å²) in [5.41, 5.74) is 1.35. The van der Waals surface area contributed by atoms with Crippen molar-refractivity contribution in [3.63, 3.8) is 0 Å². The van der Waals surface area contributed by atoms with Crippen molar-refractivity contribution >= 4 is 29.1 Å². The van der Waals surface area contributed by atoms with Crippen molar-refractivity contribution in [2.75, 3.05) is 6.54 Å². The van der Waals surface area contributed by atoms with E-state index in [0.29, 0.717) is 23.5 Å². The molecule has 2 rings (SSSR count). The van der Waals surface area contributed by atoms with E-state index in [1.165, 1.54) is 19.1 Å². The van der Waals surface area contributed by atoms with Crippen LogP contribution in [0.15, 0.2) is 34.8 Å². The SMILES string of the molecule is CCNC(=O)[C@H](C)OC(=O)/C=C/c1nc2ccccc2o1. The predicted molar refractivity (Wildman–Crippen MR) is 77.3 cm³/mol. The third kappa shape index (κ3) is 3.92. The molecule has 110 valence electrons. The van der Waals surface area contributed by atoms with Crippen molar-refractivity contribution in [2.45, 2.75) is 20.0 Å². The van der Waals surface area contributed by atoms with Crippen molar-refractivity contribution in [1.29, 1.82) is 0 Å². The Morgan fingerprint density at radius 1 is 1.43 bits per heavy atom. The molecule has 0 fully saturated rings. The quantitative estimate of drug-likeness (QED) is 0.671. The molecular formula is C15H16N2O4. The third-order valence-electron chi connectivity index (χ3n) is 2.69. The minimum Gasteiger partial charge on any atom is -0.449 e. The molecule has 1 aromatic heterocycles. The van der Waals surface area contributed by atoms with Gasteiger partial charge in [-0.15, -0.1) is 0 Å². The zero-order chi connectivity index (χ0) is 15.2. The van der Waals surface area contributed by atoms with Gasteiger partial charge in [-0.1, -0.05) is 12.1 Å². The van der Waals surface area contributed by atoms with E-state index in [1.54, 1.807) is 13.0 Å². The fourth-order valence-corrected chi connectivity index (χ4v) is 1.69.